The summed E-state index contributed by atoms with van der Waals surface area (Å²) >= 11 is 0. The molecule has 1 rings (SSSR count). The average Bonchev–Trinajstić information content (AvgIpc) is 2.02. The summed E-state index contributed by atoms with van der Waals surface area (Å²) in [6, 6.07) is 5.87. The third-order valence-electron chi connectivity index (χ3n) is 1.87. The molecule has 0 bridgehead atoms. The lowest BCUT2D eigenvalue weighted by molar-refractivity contribution is -0.0512. The number of aliphatic hydroxyl groups excluding tert-OH is 1. The Morgan fingerprint density at radius 1 is 1.31 bits per heavy atom. The van der Waals surface area contributed by atoms with Gasteiger partial charge in [0, 0.05) is 5.56 Å². The monoisotopic (exact) mass is 184 g/mol. The van der Waals surface area contributed by atoms with Crippen LogP contribution >= 0.6 is 0 Å². The average molecular weight is 184 g/mol. The maximum Gasteiger partial charge on any atom is 0.129 e. The molecular weight excluding hydrogens is 171 g/mol. The molecule has 13 heavy (non-hydrogen) atoms. The zero-order valence-corrected chi connectivity index (χ0v) is 7.66. The van der Waals surface area contributed by atoms with Crippen LogP contribution in [0, 0.1) is 5.82 Å². The normalized spacial score (nSPS) is 14.2. The van der Waals surface area contributed by atoms with E-state index in [1.807, 2.05) is 0 Å². The van der Waals surface area contributed by atoms with Gasteiger partial charge in [0.05, 0.1) is 5.60 Å². The second-order valence-corrected chi connectivity index (χ2v) is 3.58. The van der Waals surface area contributed by atoms with E-state index >= 15 is 0 Å². The first-order chi connectivity index (χ1) is 5.93. The van der Waals surface area contributed by atoms with E-state index in [2.05, 4.69) is 0 Å². The molecule has 1 unspecified atom stereocenters. The third kappa shape index (κ3) is 2.26. The number of benzene rings is 1. The molecule has 2 nitrogen and oxygen atoms in total. The summed E-state index contributed by atoms with van der Waals surface area (Å²) in [6.45, 7) is 2.87. The highest BCUT2D eigenvalue weighted by Gasteiger charge is 2.27. The standard InChI is InChI=1S/C10H13FO2/c1-10(2,13)9(12)7-5-3-4-6-8(7)11/h3-6,9,12-13H,1-2H3. The van der Waals surface area contributed by atoms with Crippen LogP contribution in [0.1, 0.15) is 25.5 Å². The summed E-state index contributed by atoms with van der Waals surface area (Å²) in [6.07, 6.45) is -1.20. The second kappa shape index (κ2) is 3.44. The van der Waals surface area contributed by atoms with Crippen molar-refractivity contribution in [2.24, 2.45) is 0 Å². The van der Waals surface area contributed by atoms with E-state index in [-0.39, 0.29) is 5.56 Å². The summed E-state index contributed by atoms with van der Waals surface area (Å²) in [7, 11) is 0. The van der Waals surface area contributed by atoms with Crippen molar-refractivity contribution in [3.63, 3.8) is 0 Å². The summed E-state index contributed by atoms with van der Waals surface area (Å²) in [5, 5.41) is 19.0. The van der Waals surface area contributed by atoms with Crippen LogP contribution in [-0.2, 0) is 0 Å². The van der Waals surface area contributed by atoms with E-state index in [4.69, 9.17) is 0 Å². The molecule has 0 aliphatic carbocycles. The molecule has 0 aliphatic heterocycles. The van der Waals surface area contributed by atoms with Gasteiger partial charge in [0.1, 0.15) is 11.9 Å². The topological polar surface area (TPSA) is 40.5 Å². The van der Waals surface area contributed by atoms with Gasteiger partial charge < -0.3 is 10.2 Å². The summed E-state index contributed by atoms with van der Waals surface area (Å²) in [4.78, 5) is 0. The highest BCUT2D eigenvalue weighted by molar-refractivity contribution is 5.21. The van der Waals surface area contributed by atoms with E-state index in [0.29, 0.717) is 0 Å². The molecule has 0 fully saturated rings. The van der Waals surface area contributed by atoms with Gasteiger partial charge in [0.2, 0.25) is 0 Å². The van der Waals surface area contributed by atoms with Gasteiger partial charge >= 0.3 is 0 Å². The smallest absolute Gasteiger partial charge is 0.129 e. The molecule has 0 saturated carbocycles. The van der Waals surface area contributed by atoms with Gasteiger partial charge in [0.25, 0.3) is 0 Å². The Morgan fingerprint density at radius 2 is 1.85 bits per heavy atom. The first-order valence-electron chi connectivity index (χ1n) is 4.08. The van der Waals surface area contributed by atoms with E-state index in [1.54, 1.807) is 6.07 Å². The van der Waals surface area contributed by atoms with Crippen LogP contribution < -0.4 is 0 Å². The molecule has 2 N–H and O–H groups in total. The van der Waals surface area contributed by atoms with Crippen molar-refractivity contribution in [2.75, 3.05) is 0 Å². The molecular formula is C10H13FO2. The van der Waals surface area contributed by atoms with Gasteiger partial charge in [0.15, 0.2) is 0 Å². The number of halogens is 1. The maximum atomic E-state index is 13.1. The third-order valence-corrected chi connectivity index (χ3v) is 1.87. The van der Waals surface area contributed by atoms with E-state index < -0.39 is 17.5 Å². The van der Waals surface area contributed by atoms with Crippen LogP contribution in [0.2, 0.25) is 0 Å². The quantitative estimate of drug-likeness (QED) is 0.733. The SMILES string of the molecule is CC(C)(O)C(O)c1ccccc1F. The minimum Gasteiger partial charge on any atom is -0.387 e. The van der Waals surface area contributed by atoms with Crippen LogP contribution in [0.4, 0.5) is 4.39 Å². The highest BCUT2D eigenvalue weighted by Crippen LogP contribution is 2.26. The Hall–Kier alpha value is -0.930. The van der Waals surface area contributed by atoms with Crippen LogP contribution in [-0.4, -0.2) is 15.8 Å². The van der Waals surface area contributed by atoms with Crippen molar-refractivity contribution in [3.8, 4) is 0 Å². The maximum absolute atomic E-state index is 13.1. The van der Waals surface area contributed by atoms with Gasteiger partial charge in [-0.15, -0.1) is 0 Å². The first kappa shape index (κ1) is 10.2. The predicted molar refractivity (Wildman–Crippen MR) is 47.7 cm³/mol. The van der Waals surface area contributed by atoms with Gasteiger partial charge in [-0.3, -0.25) is 0 Å². The molecule has 0 amide bonds. The molecule has 1 aromatic carbocycles. The molecule has 0 aliphatic rings. The van der Waals surface area contributed by atoms with Gasteiger partial charge in [-0.05, 0) is 19.9 Å². The Morgan fingerprint density at radius 3 is 2.31 bits per heavy atom. The Balaban J connectivity index is 3.02. The van der Waals surface area contributed by atoms with Crippen molar-refractivity contribution in [1.82, 2.24) is 0 Å². The van der Waals surface area contributed by atoms with Crippen LogP contribution in [0.3, 0.4) is 0 Å². The lowest BCUT2D eigenvalue weighted by Gasteiger charge is -2.24. The number of aliphatic hydroxyl groups is 2. The fourth-order valence-electron chi connectivity index (χ4n) is 1.08. The van der Waals surface area contributed by atoms with Gasteiger partial charge in [-0.1, -0.05) is 18.2 Å². The second-order valence-electron chi connectivity index (χ2n) is 3.58. The van der Waals surface area contributed by atoms with Crippen molar-refractivity contribution >= 4 is 0 Å². The van der Waals surface area contributed by atoms with Crippen LogP contribution in [0.5, 0.6) is 0 Å². The molecule has 1 aromatic rings. The van der Waals surface area contributed by atoms with E-state index in [1.165, 1.54) is 32.0 Å². The zero-order chi connectivity index (χ0) is 10.1. The molecule has 0 radical (unpaired) electrons. The van der Waals surface area contributed by atoms with Crippen molar-refractivity contribution in [2.45, 2.75) is 25.6 Å². The predicted octanol–water partition coefficient (Wildman–Crippen LogP) is 1.63. The minimum atomic E-state index is -1.33. The number of rotatable bonds is 2. The van der Waals surface area contributed by atoms with Crippen molar-refractivity contribution in [3.05, 3.63) is 35.6 Å². The zero-order valence-electron chi connectivity index (χ0n) is 7.66. The van der Waals surface area contributed by atoms with Gasteiger partial charge in [-0.25, -0.2) is 4.39 Å². The lowest BCUT2D eigenvalue weighted by Crippen LogP contribution is -2.29. The molecule has 1 atom stereocenters. The van der Waals surface area contributed by atoms with E-state index in [9.17, 15) is 14.6 Å². The first-order valence-corrected chi connectivity index (χ1v) is 4.08. The molecule has 0 heterocycles. The van der Waals surface area contributed by atoms with E-state index in [0.717, 1.165) is 0 Å². The largest absolute Gasteiger partial charge is 0.387 e. The molecule has 0 spiro atoms. The summed E-state index contributed by atoms with van der Waals surface area (Å²) in [5.41, 5.74) is -1.21. The van der Waals surface area contributed by atoms with Crippen LogP contribution in [0.15, 0.2) is 24.3 Å². The van der Waals surface area contributed by atoms with Crippen molar-refractivity contribution < 1.29 is 14.6 Å². The Bertz CT molecular complexity index is 291. The summed E-state index contributed by atoms with van der Waals surface area (Å²) in [5.74, 6) is -0.503. The molecule has 0 aromatic heterocycles. The van der Waals surface area contributed by atoms with Gasteiger partial charge in [-0.2, -0.15) is 0 Å². The van der Waals surface area contributed by atoms with Crippen molar-refractivity contribution in [1.29, 1.82) is 0 Å². The number of hydrogen-bond donors (Lipinski definition) is 2. The molecule has 0 saturated heterocycles. The summed E-state index contributed by atoms with van der Waals surface area (Å²) < 4.78 is 13.1. The fraction of sp³-hybridized carbons (Fsp3) is 0.400. The Kier molecular flexibility index (Phi) is 2.68. The fourth-order valence-corrected chi connectivity index (χ4v) is 1.08. The number of hydrogen-bond acceptors (Lipinski definition) is 2. The van der Waals surface area contributed by atoms with Crippen LogP contribution in [0.25, 0.3) is 0 Å². The molecule has 72 valence electrons. The molecule has 3 heteroatoms. The highest BCUT2D eigenvalue weighted by atomic mass is 19.1. The lowest BCUT2D eigenvalue weighted by atomic mass is 9.95. The Labute approximate surface area is 76.6 Å². The minimum absolute atomic E-state index is 0.120.